The van der Waals surface area contributed by atoms with E-state index in [9.17, 15) is 9.00 Å². The van der Waals surface area contributed by atoms with E-state index < -0.39 is 9.52 Å². The number of anilines is 3. The van der Waals surface area contributed by atoms with E-state index in [1.54, 1.807) is 65.6 Å². The van der Waals surface area contributed by atoms with E-state index in [4.69, 9.17) is 9.72 Å². The van der Waals surface area contributed by atoms with Crippen LogP contribution in [0.15, 0.2) is 87.9 Å². The Hall–Kier alpha value is -4.76. The van der Waals surface area contributed by atoms with Crippen molar-refractivity contribution in [1.29, 1.82) is 0 Å². The summed E-state index contributed by atoms with van der Waals surface area (Å²) in [5, 5.41) is 7.14. The lowest BCUT2D eigenvalue weighted by Gasteiger charge is -2.33. The third-order valence-corrected chi connectivity index (χ3v) is 10.9. The van der Waals surface area contributed by atoms with Crippen molar-refractivity contribution in [3.63, 3.8) is 0 Å². The van der Waals surface area contributed by atoms with Gasteiger partial charge in [0.1, 0.15) is 11.5 Å². The van der Waals surface area contributed by atoms with Gasteiger partial charge < -0.3 is 20.3 Å². The Morgan fingerprint density at radius 3 is 2.57 bits per heavy atom. The van der Waals surface area contributed by atoms with E-state index in [0.717, 1.165) is 32.7 Å². The number of nitrogens with zero attached hydrogens (tertiary/aromatic N) is 7. The molecule has 4 aromatic heterocycles. The highest BCUT2D eigenvalue weighted by Crippen LogP contribution is 2.27. The van der Waals surface area contributed by atoms with Crippen LogP contribution in [-0.2, 0) is 20.8 Å². The Morgan fingerprint density at radius 2 is 1.84 bits per heavy atom. The molecule has 2 saturated heterocycles. The molecule has 0 amide bonds. The van der Waals surface area contributed by atoms with Gasteiger partial charge in [-0.2, -0.15) is 4.98 Å². The van der Waals surface area contributed by atoms with Gasteiger partial charge in [0.05, 0.1) is 35.1 Å². The van der Waals surface area contributed by atoms with Crippen molar-refractivity contribution in [2.75, 3.05) is 62.7 Å². The van der Waals surface area contributed by atoms with Crippen LogP contribution in [0.1, 0.15) is 6.92 Å². The lowest BCUT2D eigenvalue weighted by Crippen LogP contribution is -2.49. The van der Waals surface area contributed by atoms with Gasteiger partial charge in [-0.05, 0) is 61.3 Å². The normalized spacial score (nSPS) is 18.3. The number of rotatable bonds is 9. The van der Waals surface area contributed by atoms with E-state index in [0.29, 0.717) is 69.8 Å². The van der Waals surface area contributed by atoms with Gasteiger partial charge >= 0.3 is 0 Å². The van der Waals surface area contributed by atoms with Gasteiger partial charge in [0.25, 0.3) is 5.56 Å². The number of benzene rings is 1. The van der Waals surface area contributed by atoms with Crippen molar-refractivity contribution in [3.8, 4) is 11.3 Å². The fourth-order valence-electron chi connectivity index (χ4n) is 6.23. The van der Waals surface area contributed by atoms with Crippen molar-refractivity contribution in [2.45, 2.75) is 29.3 Å². The maximum atomic E-state index is 15.3. The maximum Gasteiger partial charge on any atom is 0.261 e. The standard InChI is InChI=1S/C35H38FN9O3S/c1-24-23-44(12-11-38-24)32-6-3-26(20-30(32)36)41-35-40-21-25-19-29(34(46)45(33(25)42-35)14-13-43-15-17-48-18-16-43)31-5-4-28(22-39-31)49(2,47)27-7-9-37-10-8-27/h3-10,19-22,24,38H,2,11-18,23H2,1H3,(H,40,41,42). The van der Waals surface area contributed by atoms with Crippen LogP contribution in [0, 0.1) is 5.82 Å². The van der Waals surface area contributed by atoms with Gasteiger partial charge in [-0.1, -0.05) is 0 Å². The molecule has 2 fully saturated rings. The number of hydrogen-bond acceptors (Lipinski definition) is 11. The molecule has 2 N–H and O–H groups in total. The molecule has 2 atom stereocenters. The first-order valence-corrected chi connectivity index (χ1v) is 18.0. The summed E-state index contributed by atoms with van der Waals surface area (Å²) in [5.41, 5.74) is 2.03. The fraction of sp³-hybridized carbons (Fsp3) is 0.314. The first-order valence-electron chi connectivity index (χ1n) is 16.3. The Balaban J connectivity index is 1.21. The number of pyridine rings is 3. The van der Waals surface area contributed by atoms with Crippen molar-refractivity contribution in [3.05, 3.63) is 89.5 Å². The van der Waals surface area contributed by atoms with Gasteiger partial charge in [-0.25, -0.2) is 9.37 Å². The predicted octanol–water partition coefficient (Wildman–Crippen LogP) is 3.40. The number of ether oxygens (including phenoxy) is 1. The summed E-state index contributed by atoms with van der Waals surface area (Å²) in [6.07, 6.45) is 6.29. The Morgan fingerprint density at radius 1 is 1.02 bits per heavy atom. The van der Waals surface area contributed by atoms with E-state index in [1.165, 1.54) is 12.3 Å². The first kappa shape index (κ1) is 32.8. The van der Waals surface area contributed by atoms with Crippen LogP contribution in [-0.4, -0.2) is 98.0 Å². The molecule has 2 aliphatic rings. The molecule has 12 nitrogen and oxygen atoms in total. The van der Waals surface area contributed by atoms with Crippen LogP contribution in [0.3, 0.4) is 0 Å². The molecule has 0 saturated carbocycles. The zero-order valence-electron chi connectivity index (χ0n) is 27.2. The van der Waals surface area contributed by atoms with Crippen molar-refractivity contribution >= 4 is 43.7 Å². The van der Waals surface area contributed by atoms with Gasteiger partial charge in [0.2, 0.25) is 5.95 Å². The van der Waals surface area contributed by atoms with Crippen LogP contribution in [0.2, 0.25) is 0 Å². The molecule has 1 aromatic carbocycles. The van der Waals surface area contributed by atoms with Crippen molar-refractivity contribution < 1.29 is 13.3 Å². The largest absolute Gasteiger partial charge is 0.379 e. The summed E-state index contributed by atoms with van der Waals surface area (Å²) in [6, 6.07) is 13.7. The molecule has 0 radical (unpaired) electrons. The molecule has 0 aliphatic carbocycles. The number of aromatic nitrogens is 5. The summed E-state index contributed by atoms with van der Waals surface area (Å²) in [4.78, 5) is 37.2. The summed E-state index contributed by atoms with van der Waals surface area (Å²) < 4.78 is 36.0. The average molecular weight is 684 g/mol. The fourth-order valence-corrected chi connectivity index (χ4v) is 7.57. The summed E-state index contributed by atoms with van der Waals surface area (Å²) >= 11 is 0. The number of morpholine rings is 1. The van der Waals surface area contributed by atoms with Gasteiger partial charge in [-0.15, -0.1) is 0 Å². The minimum atomic E-state index is -2.81. The second kappa shape index (κ2) is 14.0. The van der Waals surface area contributed by atoms with Crippen LogP contribution < -0.4 is 21.1 Å². The molecule has 5 aromatic rings. The Kier molecular flexibility index (Phi) is 9.36. The summed E-state index contributed by atoms with van der Waals surface area (Å²) in [7, 11) is -2.81. The topological polar surface area (TPSA) is 130 Å². The zero-order valence-corrected chi connectivity index (χ0v) is 28.0. The summed E-state index contributed by atoms with van der Waals surface area (Å²) in [5.74, 6) is 3.87. The third-order valence-electron chi connectivity index (χ3n) is 8.91. The lowest BCUT2D eigenvalue weighted by atomic mass is 10.1. The van der Waals surface area contributed by atoms with E-state index in [2.05, 4.69) is 43.3 Å². The van der Waals surface area contributed by atoms with Crippen LogP contribution in [0.25, 0.3) is 22.3 Å². The second-order valence-corrected chi connectivity index (χ2v) is 14.6. The number of halogens is 1. The highest BCUT2D eigenvalue weighted by molar-refractivity contribution is 8.00. The van der Waals surface area contributed by atoms with Crippen molar-refractivity contribution in [2.24, 2.45) is 0 Å². The molecule has 0 bridgehead atoms. The minimum Gasteiger partial charge on any atom is -0.379 e. The molecular weight excluding hydrogens is 646 g/mol. The van der Waals surface area contributed by atoms with Crippen LogP contribution >= 0.6 is 0 Å². The molecule has 7 rings (SSSR count). The van der Waals surface area contributed by atoms with Gasteiger partial charge in [0, 0.05) is 102 Å². The number of fused-ring (bicyclic) bond motifs is 1. The van der Waals surface area contributed by atoms with Gasteiger partial charge in [-0.3, -0.25) is 28.4 Å². The molecule has 2 aliphatic heterocycles. The molecule has 49 heavy (non-hydrogen) atoms. The van der Waals surface area contributed by atoms with Crippen LogP contribution in [0.4, 0.5) is 21.7 Å². The molecule has 14 heteroatoms. The predicted molar refractivity (Wildman–Crippen MR) is 190 cm³/mol. The molecule has 254 valence electrons. The Bertz CT molecular complexity index is 2120. The quantitative estimate of drug-likeness (QED) is 0.222. The molecule has 2 unspecified atom stereocenters. The molecule has 6 heterocycles. The Labute approximate surface area is 284 Å². The SMILES string of the molecule is C=S(=O)(c1ccncc1)c1ccc(-c2cc3cnc(Nc4ccc(N5CCNC(C)C5)c(F)c4)nc3n(CCN3CCOCC3)c2=O)nc1. The molecular formula is C35H38FN9O3S. The van der Waals surface area contributed by atoms with Gasteiger partial charge in [0.15, 0.2) is 0 Å². The monoisotopic (exact) mass is 683 g/mol. The highest BCUT2D eigenvalue weighted by atomic mass is 32.2. The second-order valence-electron chi connectivity index (χ2n) is 12.3. The lowest BCUT2D eigenvalue weighted by molar-refractivity contribution is 0.0364. The zero-order chi connectivity index (χ0) is 34.0. The van der Waals surface area contributed by atoms with Crippen LogP contribution in [0.5, 0.6) is 0 Å². The van der Waals surface area contributed by atoms with E-state index in [-0.39, 0.29) is 23.4 Å². The maximum absolute atomic E-state index is 15.3. The highest BCUT2D eigenvalue weighted by Gasteiger charge is 2.21. The minimum absolute atomic E-state index is 0.242. The number of nitrogens with one attached hydrogen (secondary N) is 2. The van der Waals surface area contributed by atoms with E-state index in [1.807, 2.05) is 4.90 Å². The number of piperazine rings is 1. The third kappa shape index (κ3) is 7.04. The summed E-state index contributed by atoms with van der Waals surface area (Å²) in [6.45, 7) is 8.15. The number of hydrogen-bond donors (Lipinski definition) is 2. The average Bonchev–Trinajstić information content (AvgIpc) is 3.12. The molecule has 0 spiro atoms. The van der Waals surface area contributed by atoms with E-state index >= 15 is 4.39 Å². The first-order chi connectivity index (χ1) is 23.8. The van der Waals surface area contributed by atoms with Crippen molar-refractivity contribution in [1.82, 2.24) is 34.7 Å². The smallest absolute Gasteiger partial charge is 0.261 e.